The number of hydrogen-bond donors (Lipinski definition) is 3. The van der Waals surface area contributed by atoms with E-state index in [1.165, 1.54) is 0 Å². The number of nitrogens with one attached hydrogen (secondary N) is 1. The predicted molar refractivity (Wildman–Crippen MR) is 51.7 cm³/mol. The molecule has 0 heterocycles. The van der Waals surface area contributed by atoms with Crippen LogP contribution in [0.2, 0.25) is 0 Å². The Bertz CT molecular complexity index is 115. The van der Waals surface area contributed by atoms with Crippen LogP contribution in [0.1, 0.15) is 20.3 Å². The SMILES string of the molecule is CCC(C)(CO)NCCOCCO. The van der Waals surface area contributed by atoms with Crippen LogP contribution in [0.4, 0.5) is 0 Å². The van der Waals surface area contributed by atoms with E-state index in [1.807, 2.05) is 13.8 Å². The molecule has 4 heteroatoms. The summed E-state index contributed by atoms with van der Waals surface area (Å²) in [5.41, 5.74) is -0.206. The molecule has 0 amide bonds. The van der Waals surface area contributed by atoms with Crippen molar-refractivity contribution in [1.29, 1.82) is 0 Å². The van der Waals surface area contributed by atoms with E-state index in [4.69, 9.17) is 14.9 Å². The molecule has 0 saturated carbocycles. The molecule has 1 atom stereocenters. The van der Waals surface area contributed by atoms with Crippen LogP contribution >= 0.6 is 0 Å². The molecule has 0 aliphatic rings. The Hall–Kier alpha value is -0.160. The second-order valence-corrected chi connectivity index (χ2v) is 3.34. The largest absolute Gasteiger partial charge is 0.394 e. The lowest BCUT2D eigenvalue weighted by atomic mass is 10.0. The third-order valence-corrected chi connectivity index (χ3v) is 2.16. The van der Waals surface area contributed by atoms with Crippen LogP contribution in [0.25, 0.3) is 0 Å². The molecule has 0 bridgehead atoms. The molecule has 3 N–H and O–H groups in total. The Morgan fingerprint density at radius 1 is 1.31 bits per heavy atom. The molecule has 0 fully saturated rings. The zero-order chi connectivity index (χ0) is 10.2. The highest BCUT2D eigenvalue weighted by atomic mass is 16.5. The van der Waals surface area contributed by atoms with Crippen molar-refractivity contribution in [3.05, 3.63) is 0 Å². The first-order valence-electron chi connectivity index (χ1n) is 4.73. The van der Waals surface area contributed by atoms with Crippen molar-refractivity contribution in [2.45, 2.75) is 25.8 Å². The number of aliphatic hydroxyl groups excluding tert-OH is 2. The molecule has 0 spiro atoms. The zero-order valence-corrected chi connectivity index (χ0v) is 8.55. The number of rotatable bonds is 8. The van der Waals surface area contributed by atoms with Gasteiger partial charge < -0.3 is 20.3 Å². The first-order chi connectivity index (χ1) is 6.18. The highest BCUT2D eigenvalue weighted by Gasteiger charge is 2.18. The standard InChI is InChI=1S/C9H21NO3/c1-3-9(2,8-12)10-4-6-13-7-5-11/h10-12H,3-8H2,1-2H3. The van der Waals surface area contributed by atoms with E-state index < -0.39 is 0 Å². The molecule has 0 aromatic carbocycles. The van der Waals surface area contributed by atoms with Gasteiger partial charge in [0.15, 0.2) is 0 Å². The van der Waals surface area contributed by atoms with Gasteiger partial charge in [-0.25, -0.2) is 0 Å². The summed E-state index contributed by atoms with van der Waals surface area (Å²) in [5, 5.41) is 20.7. The van der Waals surface area contributed by atoms with Crippen molar-refractivity contribution in [3.63, 3.8) is 0 Å². The monoisotopic (exact) mass is 191 g/mol. The van der Waals surface area contributed by atoms with Gasteiger partial charge in [-0.05, 0) is 13.3 Å². The summed E-state index contributed by atoms with van der Waals surface area (Å²) in [4.78, 5) is 0. The Morgan fingerprint density at radius 3 is 2.46 bits per heavy atom. The molecule has 0 aromatic heterocycles. The molecule has 0 radical (unpaired) electrons. The van der Waals surface area contributed by atoms with Gasteiger partial charge >= 0.3 is 0 Å². The third-order valence-electron chi connectivity index (χ3n) is 2.16. The minimum atomic E-state index is -0.206. The predicted octanol–water partition coefficient (Wildman–Crippen LogP) is -0.254. The van der Waals surface area contributed by atoms with E-state index in [0.29, 0.717) is 19.8 Å². The highest BCUT2D eigenvalue weighted by molar-refractivity contribution is 4.79. The average molecular weight is 191 g/mol. The van der Waals surface area contributed by atoms with Gasteiger partial charge in [0, 0.05) is 12.1 Å². The number of hydrogen-bond acceptors (Lipinski definition) is 4. The Balaban J connectivity index is 3.39. The number of aliphatic hydroxyl groups is 2. The average Bonchev–Trinajstić information content (AvgIpc) is 2.17. The second-order valence-electron chi connectivity index (χ2n) is 3.34. The summed E-state index contributed by atoms with van der Waals surface area (Å²) in [7, 11) is 0. The van der Waals surface area contributed by atoms with Crippen LogP contribution in [-0.2, 0) is 4.74 Å². The topological polar surface area (TPSA) is 61.7 Å². The van der Waals surface area contributed by atoms with E-state index in [2.05, 4.69) is 5.32 Å². The van der Waals surface area contributed by atoms with Crippen molar-refractivity contribution in [2.75, 3.05) is 33.0 Å². The van der Waals surface area contributed by atoms with E-state index in [-0.39, 0.29) is 18.8 Å². The van der Waals surface area contributed by atoms with Gasteiger partial charge in [-0.15, -0.1) is 0 Å². The lowest BCUT2D eigenvalue weighted by Crippen LogP contribution is -2.46. The molecular formula is C9H21NO3. The molecule has 80 valence electrons. The third kappa shape index (κ3) is 5.99. The lowest BCUT2D eigenvalue weighted by Gasteiger charge is -2.27. The van der Waals surface area contributed by atoms with Gasteiger partial charge in [-0.1, -0.05) is 6.92 Å². The zero-order valence-electron chi connectivity index (χ0n) is 8.55. The molecule has 0 aliphatic heterocycles. The number of ether oxygens (including phenoxy) is 1. The van der Waals surface area contributed by atoms with Gasteiger partial charge in [-0.3, -0.25) is 0 Å². The summed E-state index contributed by atoms with van der Waals surface area (Å²) in [5.74, 6) is 0. The van der Waals surface area contributed by atoms with E-state index in [9.17, 15) is 0 Å². The van der Waals surface area contributed by atoms with Crippen molar-refractivity contribution in [3.8, 4) is 0 Å². The normalized spacial score (nSPS) is 15.7. The maximum absolute atomic E-state index is 9.04. The Morgan fingerprint density at radius 2 is 2.00 bits per heavy atom. The fourth-order valence-electron chi connectivity index (χ4n) is 0.884. The van der Waals surface area contributed by atoms with Gasteiger partial charge in [0.05, 0.1) is 26.4 Å². The van der Waals surface area contributed by atoms with Crippen molar-refractivity contribution in [2.24, 2.45) is 0 Å². The summed E-state index contributed by atoms with van der Waals surface area (Å²) in [6.45, 7) is 5.83. The van der Waals surface area contributed by atoms with Crippen molar-refractivity contribution in [1.82, 2.24) is 5.32 Å². The second kappa shape index (κ2) is 7.26. The molecule has 0 aromatic rings. The molecule has 0 saturated heterocycles. The highest BCUT2D eigenvalue weighted by Crippen LogP contribution is 2.06. The Labute approximate surface area is 79.9 Å². The first-order valence-corrected chi connectivity index (χ1v) is 4.73. The summed E-state index contributed by atoms with van der Waals surface area (Å²) in [6.07, 6.45) is 0.878. The van der Waals surface area contributed by atoms with Gasteiger partial charge in [0.1, 0.15) is 0 Å². The summed E-state index contributed by atoms with van der Waals surface area (Å²) >= 11 is 0. The van der Waals surface area contributed by atoms with Crippen molar-refractivity contribution < 1.29 is 14.9 Å². The molecule has 1 unspecified atom stereocenters. The lowest BCUT2D eigenvalue weighted by molar-refractivity contribution is 0.0842. The molecule has 4 nitrogen and oxygen atoms in total. The minimum absolute atomic E-state index is 0.0606. The van der Waals surface area contributed by atoms with E-state index >= 15 is 0 Å². The molecule has 13 heavy (non-hydrogen) atoms. The quantitative estimate of drug-likeness (QED) is 0.463. The maximum atomic E-state index is 9.04. The van der Waals surface area contributed by atoms with Crippen LogP contribution in [0.3, 0.4) is 0 Å². The fraction of sp³-hybridized carbons (Fsp3) is 1.00. The Kier molecular flexibility index (Phi) is 7.17. The molecular weight excluding hydrogens is 170 g/mol. The fourth-order valence-corrected chi connectivity index (χ4v) is 0.884. The first kappa shape index (κ1) is 12.8. The van der Waals surface area contributed by atoms with Gasteiger partial charge in [0.2, 0.25) is 0 Å². The van der Waals surface area contributed by atoms with Crippen LogP contribution < -0.4 is 5.32 Å². The van der Waals surface area contributed by atoms with Crippen molar-refractivity contribution >= 4 is 0 Å². The van der Waals surface area contributed by atoms with Gasteiger partial charge in [0.25, 0.3) is 0 Å². The van der Waals surface area contributed by atoms with E-state index in [0.717, 1.165) is 6.42 Å². The minimum Gasteiger partial charge on any atom is -0.394 e. The van der Waals surface area contributed by atoms with Crippen LogP contribution in [0.5, 0.6) is 0 Å². The van der Waals surface area contributed by atoms with Gasteiger partial charge in [-0.2, -0.15) is 0 Å². The van der Waals surface area contributed by atoms with Crippen LogP contribution in [0.15, 0.2) is 0 Å². The van der Waals surface area contributed by atoms with E-state index in [1.54, 1.807) is 0 Å². The molecule has 0 aliphatic carbocycles. The molecule has 0 rings (SSSR count). The maximum Gasteiger partial charge on any atom is 0.0698 e. The smallest absolute Gasteiger partial charge is 0.0698 e. The summed E-state index contributed by atoms with van der Waals surface area (Å²) < 4.78 is 5.07. The van der Waals surface area contributed by atoms with Crippen LogP contribution in [-0.4, -0.2) is 48.7 Å². The summed E-state index contributed by atoms with van der Waals surface area (Å²) in [6, 6.07) is 0. The van der Waals surface area contributed by atoms with Crippen LogP contribution in [0, 0.1) is 0 Å².